The first-order valence-electron chi connectivity index (χ1n) is 5.63. The number of hydrogen-bond donors (Lipinski definition) is 1. The van der Waals surface area contributed by atoms with Crippen molar-refractivity contribution >= 4 is 39.4 Å². The summed E-state index contributed by atoms with van der Waals surface area (Å²) in [5, 5.41) is 3.03. The Labute approximate surface area is 125 Å². The van der Waals surface area contributed by atoms with Gasteiger partial charge in [-0.1, -0.05) is 28.1 Å². The Balaban J connectivity index is 2.17. The van der Waals surface area contributed by atoms with Crippen molar-refractivity contribution in [1.29, 1.82) is 0 Å². The minimum absolute atomic E-state index is 0.178. The van der Waals surface area contributed by atoms with Crippen molar-refractivity contribution in [2.75, 3.05) is 24.3 Å². The number of hydrogen-bond acceptors (Lipinski definition) is 5. The van der Waals surface area contributed by atoms with Crippen molar-refractivity contribution in [3.8, 4) is 0 Å². The average molecular weight is 343 g/mol. The molecule has 0 bridgehead atoms. The second-order valence-electron chi connectivity index (χ2n) is 3.96. The van der Waals surface area contributed by atoms with Crippen molar-refractivity contribution in [1.82, 2.24) is 15.0 Å². The molecule has 0 amide bonds. The van der Waals surface area contributed by atoms with Gasteiger partial charge in [0, 0.05) is 25.1 Å². The molecular weight excluding hydrogens is 330 g/mol. The van der Waals surface area contributed by atoms with Gasteiger partial charge in [0.25, 0.3) is 0 Å². The maximum atomic E-state index is 5.86. The van der Waals surface area contributed by atoms with E-state index < -0.39 is 0 Å². The summed E-state index contributed by atoms with van der Waals surface area (Å²) in [6.45, 7) is 0.691. The number of rotatable bonds is 4. The van der Waals surface area contributed by atoms with E-state index in [0.717, 1.165) is 10.0 Å². The largest absolute Gasteiger partial charge is 0.357 e. The second-order valence-corrected chi connectivity index (χ2v) is 5.21. The van der Waals surface area contributed by atoms with Crippen molar-refractivity contribution in [2.45, 2.75) is 6.54 Å². The summed E-state index contributed by atoms with van der Waals surface area (Å²) in [7, 11) is 3.65. The van der Waals surface area contributed by atoms with E-state index in [0.29, 0.717) is 18.4 Å². The molecule has 0 radical (unpaired) electrons. The maximum Gasteiger partial charge on any atom is 0.231 e. The van der Waals surface area contributed by atoms with Crippen LogP contribution in [0.1, 0.15) is 5.56 Å². The van der Waals surface area contributed by atoms with Gasteiger partial charge in [-0.25, -0.2) is 0 Å². The van der Waals surface area contributed by atoms with E-state index in [1.807, 2.05) is 36.2 Å². The van der Waals surface area contributed by atoms with Crippen LogP contribution in [0, 0.1) is 0 Å². The predicted molar refractivity (Wildman–Crippen MR) is 80.6 cm³/mol. The zero-order chi connectivity index (χ0) is 13.8. The third-order valence-electron chi connectivity index (χ3n) is 2.49. The number of aromatic nitrogens is 3. The van der Waals surface area contributed by atoms with Crippen LogP contribution in [0.3, 0.4) is 0 Å². The van der Waals surface area contributed by atoms with Gasteiger partial charge >= 0.3 is 0 Å². The molecule has 7 heteroatoms. The summed E-state index contributed by atoms with van der Waals surface area (Å²) < 4.78 is 1.06. The van der Waals surface area contributed by atoms with Crippen LogP contribution in [0.25, 0.3) is 0 Å². The highest BCUT2D eigenvalue weighted by molar-refractivity contribution is 9.10. The van der Waals surface area contributed by atoms with E-state index in [9.17, 15) is 0 Å². The molecule has 0 spiro atoms. The molecule has 19 heavy (non-hydrogen) atoms. The molecule has 2 aromatic rings. The summed E-state index contributed by atoms with van der Waals surface area (Å²) in [5.41, 5.74) is 1.16. The van der Waals surface area contributed by atoms with Gasteiger partial charge in [-0.3, -0.25) is 0 Å². The summed E-state index contributed by atoms with van der Waals surface area (Å²) in [6.07, 6.45) is 0. The fraction of sp³-hybridized carbons (Fsp3) is 0.250. The van der Waals surface area contributed by atoms with Gasteiger partial charge < -0.3 is 10.2 Å². The third kappa shape index (κ3) is 3.78. The van der Waals surface area contributed by atoms with E-state index in [1.54, 1.807) is 7.05 Å². The van der Waals surface area contributed by atoms with Gasteiger partial charge in [0.15, 0.2) is 0 Å². The molecule has 1 N–H and O–H groups in total. The molecule has 0 atom stereocenters. The lowest BCUT2D eigenvalue weighted by atomic mass is 10.2. The quantitative estimate of drug-likeness (QED) is 0.926. The monoisotopic (exact) mass is 341 g/mol. The normalized spacial score (nSPS) is 10.3. The van der Waals surface area contributed by atoms with Gasteiger partial charge in [-0.2, -0.15) is 15.0 Å². The molecule has 1 heterocycles. The molecule has 0 aliphatic carbocycles. The first-order valence-corrected chi connectivity index (χ1v) is 6.80. The van der Waals surface area contributed by atoms with Crippen LogP contribution in [0.15, 0.2) is 28.7 Å². The van der Waals surface area contributed by atoms with Crippen LogP contribution in [-0.2, 0) is 6.54 Å². The molecule has 2 rings (SSSR count). The fourth-order valence-corrected chi connectivity index (χ4v) is 1.98. The van der Waals surface area contributed by atoms with Crippen molar-refractivity contribution < 1.29 is 0 Å². The Hall–Kier alpha value is -1.40. The Morgan fingerprint density at radius 2 is 1.89 bits per heavy atom. The summed E-state index contributed by atoms with van der Waals surface area (Å²) >= 11 is 9.27. The van der Waals surface area contributed by atoms with E-state index in [-0.39, 0.29) is 5.28 Å². The minimum Gasteiger partial charge on any atom is -0.357 e. The topological polar surface area (TPSA) is 53.9 Å². The lowest BCUT2D eigenvalue weighted by molar-refractivity contribution is 0.854. The van der Waals surface area contributed by atoms with Crippen LogP contribution in [-0.4, -0.2) is 29.0 Å². The molecule has 0 saturated carbocycles. The highest BCUT2D eigenvalue weighted by Crippen LogP contribution is 2.16. The van der Waals surface area contributed by atoms with E-state index in [1.165, 1.54) is 0 Å². The third-order valence-corrected chi connectivity index (χ3v) is 3.19. The van der Waals surface area contributed by atoms with E-state index >= 15 is 0 Å². The average Bonchev–Trinajstić information content (AvgIpc) is 2.40. The molecule has 0 saturated heterocycles. The lowest BCUT2D eigenvalue weighted by Crippen LogP contribution is -2.20. The molecule has 1 aromatic carbocycles. The number of benzene rings is 1. The van der Waals surface area contributed by atoms with Gasteiger partial charge in [-0.15, -0.1) is 0 Å². The smallest absolute Gasteiger partial charge is 0.231 e. The number of nitrogens with zero attached hydrogens (tertiary/aromatic N) is 4. The first-order chi connectivity index (χ1) is 9.08. The van der Waals surface area contributed by atoms with Gasteiger partial charge in [0.1, 0.15) is 0 Å². The van der Waals surface area contributed by atoms with Crippen LogP contribution in [0.4, 0.5) is 11.9 Å². The zero-order valence-electron chi connectivity index (χ0n) is 10.6. The Morgan fingerprint density at radius 3 is 2.53 bits per heavy atom. The number of anilines is 2. The molecule has 0 aliphatic rings. The SMILES string of the molecule is CNc1nc(Cl)nc(N(C)Cc2ccc(Br)cc2)n1. The number of halogens is 2. The van der Waals surface area contributed by atoms with Gasteiger partial charge in [0.05, 0.1) is 0 Å². The molecule has 100 valence electrons. The van der Waals surface area contributed by atoms with Gasteiger partial charge in [0.2, 0.25) is 17.2 Å². The summed E-state index contributed by atoms with van der Waals surface area (Å²) in [5.74, 6) is 0.991. The first kappa shape index (κ1) is 14.0. The van der Waals surface area contributed by atoms with Crippen LogP contribution in [0.2, 0.25) is 5.28 Å². The van der Waals surface area contributed by atoms with Crippen molar-refractivity contribution in [2.24, 2.45) is 0 Å². The van der Waals surface area contributed by atoms with Crippen molar-refractivity contribution in [3.63, 3.8) is 0 Å². The Morgan fingerprint density at radius 1 is 1.21 bits per heavy atom. The molecule has 1 aromatic heterocycles. The standard InChI is InChI=1S/C12H13BrClN5/c1-15-11-16-10(14)17-12(18-11)19(2)7-8-3-5-9(13)6-4-8/h3-6H,7H2,1-2H3,(H,15,16,17,18). The fourth-order valence-electron chi connectivity index (χ4n) is 1.56. The molecule has 0 fully saturated rings. The lowest BCUT2D eigenvalue weighted by Gasteiger charge is -2.17. The maximum absolute atomic E-state index is 5.86. The van der Waals surface area contributed by atoms with Crippen LogP contribution >= 0.6 is 27.5 Å². The zero-order valence-corrected chi connectivity index (χ0v) is 12.9. The molecule has 0 unspecified atom stereocenters. The summed E-state index contributed by atoms with van der Waals surface area (Å²) in [4.78, 5) is 14.2. The Bertz CT molecular complexity index is 561. The van der Waals surface area contributed by atoms with Crippen molar-refractivity contribution in [3.05, 3.63) is 39.6 Å². The van der Waals surface area contributed by atoms with Gasteiger partial charge in [-0.05, 0) is 29.3 Å². The molecule has 0 aliphatic heterocycles. The predicted octanol–water partition coefficient (Wildman–Crippen LogP) is 2.97. The van der Waals surface area contributed by atoms with Crippen LogP contribution in [0.5, 0.6) is 0 Å². The highest BCUT2D eigenvalue weighted by atomic mass is 79.9. The minimum atomic E-state index is 0.178. The highest BCUT2D eigenvalue weighted by Gasteiger charge is 2.09. The number of nitrogens with one attached hydrogen (secondary N) is 1. The van der Waals surface area contributed by atoms with E-state index in [2.05, 4.69) is 36.2 Å². The second kappa shape index (κ2) is 6.16. The molecular formula is C12H13BrClN5. The van der Waals surface area contributed by atoms with E-state index in [4.69, 9.17) is 11.6 Å². The van der Waals surface area contributed by atoms with Crippen LogP contribution < -0.4 is 10.2 Å². The Kier molecular flexibility index (Phi) is 4.55. The molecule has 5 nitrogen and oxygen atoms in total. The summed E-state index contributed by atoms with van der Waals surface area (Å²) in [6, 6.07) is 8.09.